The highest BCUT2D eigenvalue weighted by atomic mass is 15.1. The van der Waals surface area contributed by atoms with Crippen LogP contribution in [0.3, 0.4) is 0 Å². The van der Waals surface area contributed by atoms with Crippen molar-refractivity contribution in [3.63, 3.8) is 0 Å². The van der Waals surface area contributed by atoms with E-state index in [1.807, 2.05) is 18.5 Å². The maximum absolute atomic E-state index is 4.21. The van der Waals surface area contributed by atoms with Crippen LogP contribution in [0.15, 0.2) is 24.5 Å². The molecular formula is C15H25N3. The Hall–Kier alpha value is -0.930. The smallest absolute Gasteiger partial charge is 0.0305 e. The molecule has 0 aromatic carbocycles. The molecular weight excluding hydrogens is 222 g/mol. The molecule has 0 amide bonds. The number of hydrogen-bond acceptors (Lipinski definition) is 3. The predicted molar refractivity (Wildman–Crippen MR) is 75.8 cm³/mol. The number of nitrogens with zero attached hydrogens (tertiary/aromatic N) is 1. The van der Waals surface area contributed by atoms with Crippen molar-refractivity contribution in [1.29, 1.82) is 0 Å². The summed E-state index contributed by atoms with van der Waals surface area (Å²) >= 11 is 0. The van der Waals surface area contributed by atoms with Crippen molar-refractivity contribution >= 4 is 0 Å². The molecule has 0 bridgehead atoms. The molecule has 0 radical (unpaired) electrons. The highest BCUT2D eigenvalue weighted by molar-refractivity contribution is 5.20. The second-order valence-corrected chi connectivity index (χ2v) is 6.67. The second kappa shape index (κ2) is 4.98. The van der Waals surface area contributed by atoms with E-state index in [0.717, 1.165) is 13.1 Å². The van der Waals surface area contributed by atoms with Crippen LogP contribution < -0.4 is 10.6 Å². The van der Waals surface area contributed by atoms with Crippen molar-refractivity contribution in [2.45, 2.75) is 51.1 Å². The summed E-state index contributed by atoms with van der Waals surface area (Å²) in [6, 6.07) is 4.75. The van der Waals surface area contributed by atoms with Gasteiger partial charge in [-0.25, -0.2) is 0 Å². The van der Waals surface area contributed by atoms with Crippen LogP contribution in [0.2, 0.25) is 0 Å². The largest absolute Gasteiger partial charge is 0.312 e. The van der Waals surface area contributed by atoms with E-state index in [4.69, 9.17) is 0 Å². The summed E-state index contributed by atoms with van der Waals surface area (Å²) in [5, 5.41) is 7.23. The molecule has 2 rings (SSSR count). The average molecular weight is 247 g/mol. The second-order valence-electron chi connectivity index (χ2n) is 6.67. The maximum Gasteiger partial charge on any atom is 0.0305 e. The third-order valence-corrected chi connectivity index (χ3v) is 3.86. The molecule has 0 saturated carbocycles. The highest BCUT2D eigenvalue weighted by Gasteiger charge is 2.31. The van der Waals surface area contributed by atoms with Gasteiger partial charge in [0.15, 0.2) is 0 Å². The summed E-state index contributed by atoms with van der Waals surface area (Å²) in [4.78, 5) is 4.21. The fourth-order valence-corrected chi connectivity index (χ4v) is 2.57. The predicted octanol–water partition coefficient (Wildman–Crippen LogP) is 2.09. The lowest BCUT2D eigenvalue weighted by molar-refractivity contribution is 0.406. The van der Waals surface area contributed by atoms with Crippen molar-refractivity contribution < 1.29 is 0 Å². The molecule has 0 aliphatic carbocycles. The third-order valence-electron chi connectivity index (χ3n) is 3.86. The topological polar surface area (TPSA) is 37.0 Å². The summed E-state index contributed by atoms with van der Waals surface area (Å²) in [5.74, 6) is 0. The number of rotatable bonds is 4. The van der Waals surface area contributed by atoms with E-state index in [-0.39, 0.29) is 11.0 Å². The van der Waals surface area contributed by atoms with E-state index in [1.165, 1.54) is 12.0 Å². The summed E-state index contributed by atoms with van der Waals surface area (Å²) < 4.78 is 0. The van der Waals surface area contributed by atoms with Gasteiger partial charge in [-0.2, -0.15) is 0 Å². The number of nitrogens with one attached hydrogen (secondary N) is 2. The van der Waals surface area contributed by atoms with Crippen LogP contribution in [-0.4, -0.2) is 29.7 Å². The molecule has 3 heteroatoms. The highest BCUT2D eigenvalue weighted by Crippen LogP contribution is 2.23. The molecule has 1 fully saturated rings. The molecule has 2 heterocycles. The summed E-state index contributed by atoms with van der Waals surface area (Å²) in [6.07, 6.45) is 4.99. The molecule has 18 heavy (non-hydrogen) atoms. The first-order valence-corrected chi connectivity index (χ1v) is 6.78. The summed E-state index contributed by atoms with van der Waals surface area (Å²) in [7, 11) is 0. The fraction of sp³-hybridized carbons (Fsp3) is 0.667. The molecule has 1 aliphatic rings. The Bertz CT molecular complexity index is 384. The van der Waals surface area contributed by atoms with Crippen LogP contribution in [0.1, 0.15) is 39.7 Å². The standard InChI is InChI=1S/C15H25N3/c1-14(2,12-6-5-7-16-9-12)11-17-13-8-15(3,4)18-10-13/h5-7,9,13,17-18H,8,10-11H2,1-4H3. The van der Waals surface area contributed by atoms with Gasteiger partial charge in [-0.15, -0.1) is 0 Å². The molecule has 1 aromatic rings. The van der Waals surface area contributed by atoms with E-state index < -0.39 is 0 Å². The fourth-order valence-electron chi connectivity index (χ4n) is 2.57. The van der Waals surface area contributed by atoms with E-state index in [9.17, 15) is 0 Å². The van der Waals surface area contributed by atoms with Crippen molar-refractivity contribution in [2.24, 2.45) is 0 Å². The lowest BCUT2D eigenvalue weighted by atomic mass is 9.85. The van der Waals surface area contributed by atoms with Gasteiger partial charge in [0.05, 0.1) is 0 Å². The number of hydrogen-bond donors (Lipinski definition) is 2. The molecule has 1 unspecified atom stereocenters. The van der Waals surface area contributed by atoms with E-state index in [1.54, 1.807) is 0 Å². The lowest BCUT2D eigenvalue weighted by Crippen LogP contribution is -2.40. The number of aromatic nitrogens is 1. The first kappa shape index (κ1) is 13.5. The quantitative estimate of drug-likeness (QED) is 0.855. The average Bonchev–Trinajstić information content (AvgIpc) is 2.68. The first-order chi connectivity index (χ1) is 8.39. The maximum atomic E-state index is 4.21. The van der Waals surface area contributed by atoms with Gasteiger partial charge in [0.25, 0.3) is 0 Å². The Morgan fingerprint density at radius 1 is 1.50 bits per heavy atom. The van der Waals surface area contributed by atoms with Gasteiger partial charge < -0.3 is 10.6 Å². The minimum absolute atomic E-state index is 0.126. The van der Waals surface area contributed by atoms with Gasteiger partial charge in [0.1, 0.15) is 0 Å². The molecule has 100 valence electrons. The Balaban J connectivity index is 1.90. The Kier molecular flexibility index (Phi) is 3.74. The van der Waals surface area contributed by atoms with Gasteiger partial charge in [0, 0.05) is 42.5 Å². The van der Waals surface area contributed by atoms with Crippen LogP contribution >= 0.6 is 0 Å². The summed E-state index contributed by atoms with van der Waals surface area (Å²) in [5.41, 5.74) is 1.69. The Labute approximate surface area is 110 Å². The Morgan fingerprint density at radius 3 is 2.83 bits per heavy atom. The lowest BCUT2D eigenvalue weighted by Gasteiger charge is -2.27. The molecule has 2 N–H and O–H groups in total. The van der Waals surface area contributed by atoms with Gasteiger partial charge in [-0.1, -0.05) is 19.9 Å². The molecule has 1 aliphatic heterocycles. The van der Waals surface area contributed by atoms with E-state index in [2.05, 4.69) is 49.4 Å². The molecule has 0 spiro atoms. The summed E-state index contributed by atoms with van der Waals surface area (Å²) in [6.45, 7) is 11.1. The van der Waals surface area contributed by atoms with Crippen molar-refractivity contribution in [3.8, 4) is 0 Å². The van der Waals surface area contributed by atoms with Gasteiger partial charge in [-0.3, -0.25) is 4.98 Å². The molecule has 1 atom stereocenters. The van der Waals surface area contributed by atoms with E-state index in [0.29, 0.717) is 6.04 Å². The van der Waals surface area contributed by atoms with Crippen molar-refractivity contribution in [2.75, 3.05) is 13.1 Å². The minimum Gasteiger partial charge on any atom is -0.312 e. The zero-order valence-corrected chi connectivity index (χ0v) is 12.0. The first-order valence-electron chi connectivity index (χ1n) is 6.78. The molecule has 3 nitrogen and oxygen atoms in total. The Morgan fingerprint density at radius 2 is 2.28 bits per heavy atom. The van der Waals surface area contributed by atoms with Crippen LogP contribution in [0, 0.1) is 0 Å². The van der Waals surface area contributed by atoms with Crippen LogP contribution in [0.5, 0.6) is 0 Å². The van der Waals surface area contributed by atoms with Crippen LogP contribution in [0.4, 0.5) is 0 Å². The zero-order valence-electron chi connectivity index (χ0n) is 12.0. The van der Waals surface area contributed by atoms with Gasteiger partial charge in [0.2, 0.25) is 0 Å². The van der Waals surface area contributed by atoms with Crippen molar-refractivity contribution in [3.05, 3.63) is 30.1 Å². The molecule has 1 aromatic heterocycles. The van der Waals surface area contributed by atoms with Gasteiger partial charge in [-0.05, 0) is 31.9 Å². The number of pyridine rings is 1. The third kappa shape index (κ3) is 3.30. The van der Waals surface area contributed by atoms with Crippen LogP contribution in [-0.2, 0) is 5.41 Å². The van der Waals surface area contributed by atoms with Crippen LogP contribution in [0.25, 0.3) is 0 Å². The normalized spacial score (nSPS) is 23.2. The zero-order chi connectivity index (χ0) is 13.2. The van der Waals surface area contributed by atoms with E-state index >= 15 is 0 Å². The minimum atomic E-state index is 0.126. The monoisotopic (exact) mass is 247 g/mol. The molecule has 1 saturated heterocycles. The van der Waals surface area contributed by atoms with Crippen molar-refractivity contribution in [1.82, 2.24) is 15.6 Å². The van der Waals surface area contributed by atoms with Gasteiger partial charge >= 0.3 is 0 Å². The SMILES string of the molecule is CC1(C)CC(NCC(C)(C)c2cccnc2)CN1.